The molecule has 2 heterocycles. The van der Waals surface area contributed by atoms with Crippen LogP contribution in [0.5, 0.6) is 11.6 Å². The number of hydrogen-bond donors (Lipinski definition) is 0. The van der Waals surface area contributed by atoms with Crippen molar-refractivity contribution in [1.29, 1.82) is 0 Å². The molecule has 2 rings (SSSR count). The fraction of sp³-hybridized carbons (Fsp3) is 0.100. The summed E-state index contributed by atoms with van der Waals surface area (Å²) in [7, 11) is 0. The Bertz CT molecular complexity index is 466. The molecule has 83 valence electrons. The van der Waals surface area contributed by atoms with Crippen molar-refractivity contribution in [2.75, 3.05) is 0 Å². The van der Waals surface area contributed by atoms with Crippen molar-refractivity contribution >= 4 is 11.3 Å². The molecule has 0 atom stereocenters. The summed E-state index contributed by atoms with van der Waals surface area (Å²) >= 11 is 0.588. The molecule has 0 bridgehead atoms. The minimum atomic E-state index is -4.33. The Morgan fingerprint density at radius 1 is 1.38 bits per heavy atom. The van der Waals surface area contributed by atoms with Crippen molar-refractivity contribution in [2.24, 2.45) is 0 Å². The lowest BCUT2D eigenvalue weighted by Crippen LogP contribution is -2.00. The zero-order chi connectivity index (χ0) is 11.6. The van der Waals surface area contributed by atoms with Crippen LogP contribution in [0.4, 0.5) is 13.2 Å². The maximum atomic E-state index is 12.3. The Hall–Kier alpha value is -1.56. The van der Waals surface area contributed by atoms with Crippen LogP contribution in [-0.4, -0.2) is 4.98 Å². The highest BCUT2D eigenvalue weighted by Gasteiger charge is 2.32. The van der Waals surface area contributed by atoms with Gasteiger partial charge in [-0.15, -0.1) is 11.3 Å². The van der Waals surface area contributed by atoms with Crippen molar-refractivity contribution in [3.8, 4) is 11.6 Å². The molecule has 1 radical (unpaired) electrons. The molecule has 0 unspecified atom stereocenters. The molecular formula is C10H5F3NOS. The van der Waals surface area contributed by atoms with E-state index in [0.29, 0.717) is 11.3 Å². The van der Waals surface area contributed by atoms with E-state index in [2.05, 4.69) is 11.2 Å². The van der Waals surface area contributed by atoms with Gasteiger partial charge < -0.3 is 4.74 Å². The summed E-state index contributed by atoms with van der Waals surface area (Å²) in [5.74, 6) is 0.346. The van der Waals surface area contributed by atoms with Crippen molar-refractivity contribution in [3.05, 3.63) is 40.7 Å². The summed E-state index contributed by atoms with van der Waals surface area (Å²) in [5, 5.41) is 1.29. The quantitative estimate of drug-likeness (QED) is 0.802. The first-order valence-corrected chi connectivity index (χ1v) is 5.10. The van der Waals surface area contributed by atoms with Crippen LogP contribution in [0, 0.1) is 6.20 Å². The summed E-state index contributed by atoms with van der Waals surface area (Å²) in [4.78, 5) is 3.03. The van der Waals surface area contributed by atoms with Gasteiger partial charge in [0.2, 0.25) is 5.88 Å². The molecule has 0 saturated heterocycles. The molecule has 2 aromatic heterocycles. The van der Waals surface area contributed by atoms with Crippen molar-refractivity contribution < 1.29 is 17.9 Å². The van der Waals surface area contributed by atoms with Gasteiger partial charge in [0, 0.05) is 17.5 Å². The van der Waals surface area contributed by atoms with E-state index in [1.165, 1.54) is 5.38 Å². The topological polar surface area (TPSA) is 22.1 Å². The van der Waals surface area contributed by atoms with Crippen LogP contribution >= 0.6 is 11.3 Å². The Kier molecular flexibility index (Phi) is 2.82. The first-order valence-electron chi connectivity index (χ1n) is 4.22. The molecule has 0 saturated carbocycles. The maximum Gasteiger partial charge on any atom is 0.425 e. The van der Waals surface area contributed by atoms with Crippen LogP contribution in [0.3, 0.4) is 0 Å². The molecule has 2 nitrogen and oxygen atoms in total. The monoisotopic (exact) mass is 244 g/mol. The van der Waals surface area contributed by atoms with Crippen molar-refractivity contribution in [2.45, 2.75) is 6.18 Å². The second-order valence-electron chi connectivity index (χ2n) is 2.85. The van der Waals surface area contributed by atoms with Crippen LogP contribution in [0.15, 0.2) is 29.6 Å². The average Bonchev–Trinajstić information content (AvgIpc) is 2.67. The van der Waals surface area contributed by atoms with Gasteiger partial charge in [-0.1, -0.05) is 6.07 Å². The van der Waals surface area contributed by atoms with Gasteiger partial charge in [-0.05, 0) is 6.07 Å². The van der Waals surface area contributed by atoms with Crippen LogP contribution in [-0.2, 0) is 6.18 Å². The van der Waals surface area contributed by atoms with E-state index < -0.39 is 11.1 Å². The van der Waals surface area contributed by atoms with Gasteiger partial charge in [0.1, 0.15) is 10.6 Å². The number of aromatic nitrogens is 1. The third-order valence-corrected chi connectivity index (χ3v) is 2.61. The van der Waals surface area contributed by atoms with Crippen molar-refractivity contribution in [3.63, 3.8) is 0 Å². The number of nitrogens with zero attached hydrogens (tertiary/aromatic N) is 1. The highest BCUT2D eigenvalue weighted by molar-refractivity contribution is 7.10. The molecule has 0 aliphatic rings. The minimum absolute atomic E-state index is 0.129. The smallest absolute Gasteiger partial charge is 0.425 e. The fourth-order valence-electron chi connectivity index (χ4n) is 1.01. The second-order valence-corrected chi connectivity index (χ2v) is 3.76. The average molecular weight is 244 g/mol. The van der Waals surface area contributed by atoms with E-state index in [1.807, 2.05) is 0 Å². The Labute approximate surface area is 93.3 Å². The Morgan fingerprint density at radius 3 is 2.75 bits per heavy atom. The van der Waals surface area contributed by atoms with E-state index >= 15 is 0 Å². The normalized spacial score (nSPS) is 11.4. The predicted molar refractivity (Wildman–Crippen MR) is 52.5 cm³/mol. The van der Waals surface area contributed by atoms with Gasteiger partial charge in [0.15, 0.2) is 0 Å². The minimum Gasteiger partial charge on any atom is -0.438 e. The van der Waals surface area contributed by atoms with Gasteiger partial charge in [-0.2, -0.15) is 13.2 Å². The van der Waals surface area contributed by atoms with Gasteiger partial charge in [0.05, 0.1) is 6.20 Å². The molecule has 0 aromatic carbocycles. The summed E-state index contributed by atoms with van der Waals surface area (Å²) in [6, 6.07) is 5.70. The number of rotatable bonds is 2. The standard InChI is InChI=1S/C10H5F3NOS/c11-10(12,13)8-5-7(6-16-8)15-9-3-1-2-4-14-9/h1-3,5-6H. The van der Waals surface area contributed by atoms with E-state index in [9.17, 15) is 13.2 Å². The van der Waals surface area contributed by atoms with Crippen LogP contribution in [0.2, 0.25) is 0 Å². The molecule has 0 spiro atoms. The second kappa shape index (κ2) is 4.13. The molecule has 0 fully saturated rings. The highest BCUT2D eigenvalue weighted by atomic mass is 32.1. The van der Waals surface area contributed by atoms with Crippen molar-refractivity contribution in [1.82, 2.24) is 4.98 Å². The van der Waals surface area contributed by atoms with E-state index in [-0.39, 0.29) is 11.6 Å². The number of alkyl halides is 3. The van der Waals surface area contributed by atoms with Crippen LogP contribution in [0.25, 0.3) is 0 Å². The third-order valence-electron chi connectivity index (χ3n) is 1.66. The molecule has 2 aromatic rings. The number of thiophene rings is 1. The van der Waals surface area contributed by atoms with Gasteiger partial charge >= 0.3 is 6.18 Å². The van der Waals surface area contributed by atoms with Crippen LogP contribution < -0.4 is 4.74 Å². The lowest BCUT2D eigenvalue weighted by molar-refractivity contribution is -0.134. The molecule has 0 amide bonds. The van der Waals surface area contributed by atoms with Gasteiger partial charge in [0.25, 0.3) is 0 Å². The lowest BCUT2D eigenvalue weighted by Gasteiger charge is -2.01. The lowest BCUT2D eigenvalue weighted by atomic mass is 10.4. The first-order chi connectivity index (χ1) is 7.55. The van der Waals surface area contributed by atoms with E-state index in [0.717, 1.165) is 6.07 Å². The summed E-state index contributed by atoms with van der Waals surface area (Å²) < 4.78 is 41.9. The largest absolute Gasteiger partial charge is 0.438 e. The molecule has 0 aliphatic carbocycles. The highest BCUT2D eigenvalue weighted by Crippen LogP contribution is 2.37. The molecule has 16 heavy (non-hydrogen) atoms. The Morgan fingerprint density at radius 2 is 2.19 bits per heavy atom. The number of halogens is 3. The summed E-state index contributed by atoms with van der Waals surface area (Å²) in [5.41, 5.74) is 0. The zero-order valence-electron chi connectivity index (χ0n) is 7.78. The predicted octanol–water partition coefficient (Wildman–Crippen LogP) is 3.75. The number of pyridine rings is 1. The SMILES string of the molecule is FC(F)(F)c1cc(Oc2ccc[c]n2)cs1. The maximum absolute atomic E-state index is 12.3. The molecule has 6 heteroatoms. The first kappa shape index (κ1) is 10.9. The molecular weight excluding hydrogens is 239 g/mol. The van der Waals surface area contributed by atoms with E-state index in [1.54, 1.807) is 18.2 Å². The van der Waals surface area contributed by atoms with Gasteiger partial charge in [-0.25, -0.2) is 4.98 Å². The summed E-state index contributed by atoms with van der Waals surface area (Å²) in [6.45, 7) is 0. The van der Waals surface area contributed by atoms with Crippen LogP contribution in [0.1, 0.15) is 4.88 Å². The molecule has 0 N–H and O–H groups in total. The zero-order valence-corrected chi connectivity index (χ0v) is 8.60. The Balaban J connectivity index is 2.15. The fourth-order valence-corrected chi connectivity index (χ4v) is 1.69. The summed E-state index contributed by atoms with van der Waals surface area (Å²) in [6.07, 6.45) is -1.81. The van der Waals surface area contributed by atoms with E-state index in [4.69, 9.17) is 4.74 Å². The third kappa shape index (κ3) is 2.52. The molecule has 0 aliphatic heterocycles. The number of ether oxygens (including phenoxy) is 1. The van der Waals surface area contributed by atoms with Gasteiger partial charge in [-0.3, -0.25) is 0 Å². The number of hydrogen-bond acceptors (Lipinski definition) is 3.